The van der Waals surface area contributed by atoms with Crippen LogP contribution in [0.4, 0.5) is 5.69 Å². The van der Waals surface area contributed by atoms with E-state index in [1.807, 2.05) is 6.07 Å². The molecular weight excluding hydrogens is 222 g/mol. The maximum Gasteiger partial charge on any atom is 0.0589 e. The van der Waals surface area contributed by atoms with Gasteiger partial charge in [0.1, 0.15) is 0 Å². The Labute approximate surface area is 108 Å². The van der Waals surface area contributed by atoms with E-state index >= 15 is 0 Å². The van der Waals surface area contributed by atoms with Crippen LogP contribution in [0.3, 0.4) is 0 Å². The van der Waals surface area contributed by atoms with Crippen LogP contribution >= 0.6 is 0 Å². The Kier molecular flexibility index (Phi) is 3.95. The van der Waals surface area contributed by atoms with Gasteiger partial charge in [-0.1, -0.05) is 23.8 Å². The van der Waals surface area contributed by atoms with Gasteiger partial charge in [0.15, 0.2) is 0 Å². The maximum absolute atomic E-state index is 5.70. The van der Waals surface area contributed by atoms with Gasteiger partial charge in [0.25, 0.3) is 0 Å². The highest BCUT2D eigenvalue weighted by molar-refractivity contribution is 5.47. The van der Waals surface area contributed by atoms with E-state index in [9.17, 15) is 0 Å². The van der Waals surface area contributed by atoms with Crippen LogP contribution in [0.25, 0.3) is 0 Å². The average molecular weight is 241 g/mol. The van der Waals surface area contributed by atoms with Gasteiger partial charge < -0.3 is 10.6 Å². The van der Waals surface area contributed by atoms with Crippen molar-refractivity contribution in [3.8, 4) is 0 Å². The molecule has 0 amide bonds. The molecule has 1 aromatic carbocycles. The third-order valence-corrected chi connectivity index (χ3v) is 3.06. The van der Waals surface area contributed by atoms with Crippen LogP contribution in [-0.2, 0) is 13.1 Å². The summed E-state index contributed by atoms with van der Waals surface area (Å²) in [4.78, 5) is 6.51. The molecule has 2 aromatic rings. The van der Waals surface area contributed by atoms with Gasteiger partial charge in [0.05, 0.1) is 5.69 Å². The Balaban J connectivity index is 2.15. The van der Waals surface area contributed by atoms with Crippen molar-refractivity contribution in [3.05, 3.63) is 59.4 Å². The summed E-state index contributed by atoms with van der Waals surface area (Å²) in [5, 5.41) is 0. The maximum atomic E-state index is 5.70. The number of benzene rings is 1. The molecular formula is C15H19N3. The van der Waals surface area contributed by atoms with E-state index in [1.165, 1.54) is 16.8 Å². The molecule has 2 rings (SSSR count). The minimum absolute atomic E-state index is 0.484. The highest BCUT2D eigenvalue weighted by Crippen LogP contribution is 2.17. The molecule has 3 heteroatoms. The van der Waals surface area contributed by atoms with Crippen molar-refractivity contribution < 1.29 is 0 Å². The fraction of sp³-hybridized carbons (Fsp3) is 0.267. The summed E-state index contributed by atoms with van der Waals surface area (Å²) < 4.78 is 0. The first kappa shape index (κ1) is 12.6. The first-order valence-corrected chi connectivity index (χ1v) is 6.11. The summed E-state index contributed by atoms with van der Waals surface area (Å²) in [6.45, 7) is 3.40. The number of aryl methyl sites for hydroxylation is 1. The molecule has 0 aliphatic heterocycles. The van der Waals surface area contributed by atoms with Crippen LogP contribution in [0.5, 0.6) is 0 Å². The van der Waals surface area contributed by atoms with Crippen molar-refractivity contribution in [1.82, 2.24) is 4.98 Å². The molecule has 0 saturated heterocycles. The van der Waals surface area contributed by atoms with Gasteiger partial charge in [-0.2, -0.15) is 0 Å². The molecule has 0 radical (unpaired) electrons. The first-order valence-electron chi connectivity index (χ1n) is 6.11. The van der Waals surface area contributed by atoms with Gasteiger partial charge in [0.2, 0.25) is 0 Å². The molecule has 0 atom stereocenters. The number of aromatic nitrogens is 1. The van der Waals surface area contributed by atoms with E-state index in [1.54, 1.807) is 6.20 Å². The topological polar surface area (TPSA) is 42.2 Å². The Morgan fingerprint density at radius 3 is 2.56 bits per heavy atom. The number of anilines is 1. The zero-order valence-electron chi connectivity index (χ0n) is 10.9. The summed E-state index contributed by atoms with van der Waals surface area (Å²) in [7, 11) is 2.08. The van der Waals surface area contributed by atoms with E-state index in [-0.39, 0.29) is 0 Å². The van der Waals surface area contributed by atoms with Crippen molar-refractivity contribution in [2.45, 2.75) is 20.0 Å². The van der Waals surface area contributed by atoms with Gasteiger partial charge in [-0.25, -0.2) is 0 Å². The van der Waals surface area contributed by atoms with Crippen LogP contribution in [0, 0.1) is 6.92 Å². The number of pyridine rings is 1. The van der Waals surface area contributed by atoms with E-state index < -0.39 is 0 Å². The largest absolute Gasteiger partial charge is 0.370 e. The van der Waals surface area contributed by atoms with Gasteiger partial charge in [-0.05, 0) is 30.7 Å². The zero-order valence-corrected chi connectivity index (χ0v) is 10.9. The average Bonchev–Trinajstić information content (AvgIpc) is 2.40. The van der Waals surface area contributed by atoms with Crippen molar-refractivity contribution in [1.29, 1.82) is 0 Å². The highest BCUT2D eigenvalue weighted by atomic mass is 15.1. The molecule has 0 fully saturated rings. The van der Waals surface area contributed by atoms with Gasteiger partial charge in [-0.3, -0.25) is 4.98 Å². The number of hydrogen-bond donors (Lipinski definition) is 1. The number of nitrogens with zero attached hydrogens (tertiary/aromatic N) is 2. The second-order valence-corrected chi connectivity index (χ2v) is 4.50. The highest BCUT2D eigenvalue weighted by Gasteiger charge is 2.06. The Morgan fingerprint density at radius 1 is 1.17 bits per heavy atom. The fourth-order valence-electron chi connectivity index (χ4n) is 1.95. The molecule has 94 valence electrons. The molecule has 3 nitrogen and oxygen atoms in total. The summed E-state index contributed by atoms with van der Waals surface area (Å²) in [6.07, 6.45) is 1.79. The van der Waals surface area contributed by atoms with E-state index in [4.69, 9.17) is 5.73 Å². The van der Waals surface area contributed by atoms with Crippen molar-refractivity contribution in [2.75, 3.05) is 11.9 Å². The molecule has 0 spiro atoms. The van der Waals surface area contributed by atoms with Gasteiger partial charge in [-0.15, -0.1) is 0 Å². The van der Waals surface area contributed by atoms with Crippen LogP contribution in [0.2, 0.25) is 0 Å². The smallest absolute Gasteiger partial charge is 0.0589 e. The second kappa shape index (κ2) is 5.65. The van der Waals surface area contributed by atoms with Crippen LogP contribution in [0.1, 0.15) is 16.8 Å². The quantitative estimate of drug-likeness (QED) is 0.894. The van der Waals surface area contributed by atoms with E-state index in [2.05, 4.69) is 54.2 Å². The monoisotopic (exact) mass is 241 g/mol. The predicted octanol–water partition coefficient (Wildman–Crippen LogP) is 2.49. The number of rotatable bonds is 4. The summed E-state index contributed by atoms with van der Waals surface area (Å²) in [5.41, 5.74) is 10.3. The van der Waals surface area contributed by atoms with Crippen molar-refractivity contribution in [3.63, 3.8) is 0 Å². The molecule has 0 unspecified atom stereocenters. The Morgan fingerprint density at radius 2 is 1.89 bits per heavy atom. The fourth-order valence-corrected chi connectivity index (χ4v) is 1.95. The first-order chi connectivity index (χ1) is 8.70. The summed E-state index contributed by atoms with van der Waals surface area (Å²) in [6, 6.07) is 12.6. The van der Waals surface area contributed by atoms with Crippen molar-refractivity contribution in [2.24, 2.45) is 5.73 Å². The molecule has 2 N–H and O–H groups in total. The third kappa shape index (κ3) is 2.87. The second-order valence-electron chi connectivity index (χ2n) is 4.50. The minimum Gasteiger partial charge on any atom is -0.370 e. The number of hydrogen-bond acceptors (Lipinski definition) is 3. The Hall–Kier alpha value is -1.87. The van der Waals surface area contributed by atoms with Crippen molar-refractivity contribution >= 4 is 5.69 Å². The third-order valence-electron chi connectivity index (χ3n) is 3.06. The molecule has 0 aliphatic carbocycles. The van der Waals surface area contributed by atoms with Crippen LogP contribution in [0.15, 0.2) is 42.6 Å². The van der Waals surface area contributed by atoms with Gasteiger partial charge in [0, 0.05) is 32.0 Å². The lowest BCUT2D eigenvalue weighted by atomic mass is 10.1. The molecule has 0 aliphatic rings. The molecule has 18 heavy (non-hydrogen) atoms. The number of nitrogens with two attached hydrogens (primary N) is 1. The van der Waals surface area contributed by atoms with E-state index in [0.717, 1.165) is 12.2 Å². The lowest BCUT2D eigenvalue weighted by molar-refractivity contribution is 0.868. The molecule has 1 heterocycles. The predicted molar refractivity (Wildman–Crippen MR) is 75.4 cm³/mol. The standard InChI is InChI=1S/C15H19N3/c1-12-5-7-14(8-6-12)18(2)11-13-4-3-9-17-15(13)10-16/h3-9H,10-11,16H2,1-2H3. The molecule has 1 aromatic heterocycles. The minimum atomic E-state index is 0.484. The Bertz CT molecular complexity index is 505. The van der Waals surface area contributed by atoms with Gasteiger partial charge >= 0.3 is 0 Å². The lowest BCUT2D eigenvalue weighted by Crippen LogP contribution is -2.18. The molecule has 0 bridgehead atoms. The zero-order chi connectivity index (χ0) is 13.0. The normalized spacial score (nSPS) is 10.4. The summed E-state index contributed by atoms with van der Waals surface area (Å²) in [5.74, 6) is 0. The molecule has 0 saturated carbocycles. The lowest BCUT2D eigenvalue weighted by Gasteiger charge is -2.20. The van der Waals surface area contributed by atoms with Crippen LogP contribution in [-0.4, -0.2) is 12.0 Å². The van der Waals surface area contributed by atoms with E-state index in [0.29, 0.717) is 6.54 Å². The SMILES string of the molecule is Cc1ccc(N(C)Cc2cccnc2CN)cc1. The van der Waals surface area contributed by atoms with Crippen LogP contribution < -0.4 is 10.6 Å². The summed E-state index contributed by atoms with van der Waals surface area (Å²) >= 11 is 0.